The summed E-state index contributed by atoms with van der Waals surface area (Å²) in [5.74, 6) is 0. The van der Waals surface area contributed by atoms with E-state index in [9.17, 15) is 9.59 Å². The maximum absolute atomic E-state index is 11.4. The highest BCUT2D eigenvalue weighted by Crippen LogP contribution is 2.07. The second-order valence-corrected chi connectivity index (χ2v) is 6.29. The number of nitrogens with one attached hydrogen (secondary N) is 1. The van der Waals surface area contributed by atoms with E-state index in [1.54, 1.807) is 12.1 Å². The average Bonchev–Trinajstić information content (AvgIpc) is 2.77. The van der Waals surface area contributed by atoms with E-state index in [-0.39, 0.29) is 11.1 Å². The Morgan fingerprint density at radius 3 is 2.00 bits per heavy atom. The molecule has 0 aliphatic carbocycles. The molecular weight excluding hydrogens is 446 g/mol. The predicted octanol–water partition coefficient (Wildman–Crippen LogP) is 0.466. The summed E-state index contributed by atoms with van der Waals surface area (Å²) in [7, 11) is -1.47. The van der Waals surface area contributed by atoms with Crippen molar-refractivity contribution in [2.75, 3.05) is 0 Å². The van der Waals surface area contributed by atoms with Gasteiger partial charge in [-0.2, -0.15) is 0 Å². The van der Waals surface area contributed by atoms with Gasteiger partial charge in [-0.15, -0.1) is 0 Å². The maximum Gasteiger partial charge on any atom is 0.490 e. The lowest BCUT2D eigenvalue weighted by molar-refractivity contribution is 0.425. The molecule has 0 aliphatic rings. The van der Waals surface area contributed by atoms with Gasteiger partial charge in [0.15, 0.2) is 0 Å². The van der Waals surface area contributed by atoms with Gasteiger partial charge in [-0.1, -0.05) is 29.3 Å². The number of hydrogen-bond donors (Lipinski definition) is 3. The van der Waals surface area contributed by atoms with Crippen LogP contribution in [0, 0.1) is 0 Å². The number of halogens is 2. The molecule has 10 nitrogen and oxygen atoms in total. The third-order valence-corrected chi connectivity index (χ3v) is 3.80. The lowest BCUT2D eigenvalue weighted by atomic mass is 9.82. The largest absolute Gasteiger partial charge is 0.490 e. The summed E-state index contributed by atoms with van der Waals surface area (Å²) in [4.78, 5) is 38.9. The Balaban J connectivity index is 0.000000176. The van der Waals surface area contributed by atoms with E-state index in [0.717, 1.165) is 0 Å². The highest BCUT2D eigenvalue weighted by Gasteiger charge is 2.09. The summed E-state index contributed by atoms with van der Waals surface area (Å²) in [6.07, 6.45) is 8.51. The summed E-state index contributed by atoms with van der Waals surface area (Å²) in [6, 6.07) is 9.07. The van der Waals surface area contributed by atoms with Crippen LogP contribution in [0.5, 0.6) is 0 Å². The van der Waals surface area contributed by atoms with Crippen molar-refractivity contribution in [2.45, 2.75) is 0 Å². The molecule has 0 aliphatic heterocycles. The minimum absolute atomic E-state index is 0.116. The molecule has 0 spiro atoms. The highest BCUT2D eigenvalue weighted by molar-refractivity contribution is 6.58. The topological polar surface area (TPSA) is 147 Å². The number of aromatic amines is 1. The Kier molecular flexibility index (Phi) is 9.52. The molecule has 0 bridgehead atoms. The molecule has 4 heterocycles. The minimum atomic E-state index is -1.47. The van der Waals surface area contributed by atoms with E-state index in [4.69, 9.17) is 33.2 Å². The van der Waals surface area contributed by atoms with Gasteiger partial charge in [0.05, 0.1) is 18.2 Å². The van der Waals surface area contributed by atoms with Crippen LogP contribution >= 0.6 is 23.2 Å². The van der Waals surface area contributed by atoms with Gasteiger partial charge in [-0.05, 0) is 18.2 Å². The van der Waals surface area contributed by atoms with Crippen LogP contribution in [0.1, 0.15) is 0 Å². The van der Waals surface area contributed by atoms with Gasteiger partial charge in [0.1, 0.15) is 16.6 Å². The SMILES string of the molecule is O=c1ccnc[nH]1.O=c1ccncn1-c1ccc(Cl)nc1.OB(O)c1ccc(Cl)nc1. The first-order valence-corrected chi connectivity index (χ1v) is 9.23. The summed E-state index contributed by atoms with van der Waals surface area (Å²) in [5, 5.41) is 17.9. The van der Waals surface area contributed by atoms with E-state index in [2.05, 4.69) is 24.9 Å². The Labute approximate surface area is 186 Å². The average molecular weight is 461 g/mol. The summed E-state index contributed by atoms with van der Waals surface area (Å²) in [6.45, 7) is 0. The smallest absolute Gasteiger partial charge is 0.423 e. The third-order valence-electron chi connectivity index (χ3n) is 3.35. The van der Waals surface area contributed by atoms with E-state index in [0.29, 0.717) is 21.5 Å². The lowest BCUT2D eigenvalue weighted by Gasteiger charge is -2.02. The highest BCUT2D eigenvalue weighted by atomic mass is 35.5. The quantitative estimate of drug-likeness (QED) is 0.289. The number of hydrogen-bond acceptors (Lipinski definition) is 8. The lowest BCUT2D eigenvalue weighted by Crippen LogP contribution is -2.29. The fraction of sp³-hybridized carbons (Fsp3) is 0. The second-order valence-electron chi connectivity index (χ2n) is 5.52. The number of rotatable bonds is 2. The minimum Gasteiger partial charge on any atom is -0.423 e. The van der Waals surface area contributed by atoms with Crippen LogP contribution in [-0.2, 0) is 0 Å². The molecule has 3 N–H and O–H groups in total. The van der Waals surface area contributed by atoms with Crippen molar-refractivity contribution in [2.24, 2.45) is 0 Å². The Bertz CT molecular complexity index is 1170. The number of H-pyrrole nitrogens is 1. The Hall–Kier alpha value is -3.38. The van der Waals surface area contributed by atoms with Gasteiger partial charge < -0.3 is 15.0 Å². The van der Waals surface area contributed by atoms with Crippen molar-refractivity contribution in [3.63, 3.8) is 0 Å². The molecular formula is C18H15BCl2N6O4. The van der Waals surface area contributed by atoms with Crippen molar-refractivity contribution in [3.05, 3.63) is 105 Å². The van der Waals surface area contributed by atoms with E-state index >= 15 is 0 Å². The van der Waals surface area contributed by atoms with Crippen molar-refractivity contribution in [1.82, 2.24) is 29.5 Å². The van der Waals surface area contributed by atoms with Crippen molar-refractivity contribution >= 4 is 35.8 Å². The van der Waals surface area contributed by atoms with E-state index < -0.39 is 7.12 Å². The number of aromatic nitrogens is 6. The van der Waals surface area contributed by atoms with Crippen molar-refractivity contribution in [1.29, 1.82) is 0 Å². The van der Waals surface area contributed by atoms with Gasteiger partial charge in [-0.25, -0.2) is 19.9 Å². The zero-order valence-electron chi connectivity index (χ0n) is 15.7. The number of pyridine rings is 2. The van der Waals surface area contributed by atoms with Crippen LogP contribution in [0.25, 0.3) is 5.69 Å². The molecule has 0 radical (unpaired) electrons. The van der Waals surface area contributed by atoms with Crippen molar-refractivity contribution < 1.29 is 10.0 Å². The monoisotopic (exact) mass is 460 g/mol. The van der Waals surface area contributed by atoms with Gasteiger partial charge in [0.25, 0.3) is 11.1 Å². The fourth-order valence-corrected chi connectivity index (χ4v) is 2.12. The van der Waals surface area contributed by atoms with Crippen LogP contribution < -0.4 is 16.6 Å². The first-order chi connectivity index (χ1) is 14.9. The van der Waals surface area contributed by atoms with Crippen LogP contribution in [0.15, 0.2) is 83.4 Å². The van der Waals surface area contributed by atoms with E-state index in [1.165, 1.54) is 66.3 Å². The molecule has 0 atom stereocenters. The summed E-state index contributed by atoms with van der Waals surface area (Å²) < 4.78 is 1.39. The van der Waals surface area contributed by atoms with Crippen LogP contribution in [-0.4, -0.2) is 46.7 Å². The van der Waals surface area contributed by atoms with Crippen LogP contribution in [0.3, 0.4) is 0 Å². The predicted molar refractivity (Wildman–Crippen MR) is 117 cm³/mol. The normalized spacial score (nSPS) is 9.55. The maximum atomic E-state index is 11.4. The molecule has 0 saturated heterocycles. The second kappa shape index (κ2) is 12.3. The summed E-state index contributed by atoms with van der Waals surface area (Å²) >= 11 is 11.1. The zero-order chi connectivity index (χ0) is 22.6. The van der Waals surface area contributed by atoms with Gasteiger partial charge in [0.2, 0.25) is 0 Å². The molecule has 4 aromatic rings. The molecule has 0 aromatic carbocycles. The van der Waals surface area contributed by atoms with Gasteiger partial charge >= 0.3 is 7.12 Å². The first-order valence-electron chi connectivity index (χ1n) is 8.47. The molecule has 4 aromatic heterocycles. The third kappa shape index (κ3) is 8.48. The van der Waals surface area contributed by atoms with Crippen LogP contribution in [0.4, 0.5) is 0 Å². The Morgan fingerprint density at radius 1 is 0.871 bits per heavy atom. The molecule has 0 fully saturated rings. The van der Waals surface area contributed by atoms with E-state index in [1.807, 2.05) is 0 Å². The van der Waals surface area contributed by atoms with Crippen LogP contribution in [0.2, 0.25) is 10.3 Å². The molecule has 13 heteroatoms. The first kappa shape index (κ1) is 23.9. The van der Waals surface area contributed by atoms with Crippen molar-refractivity contribution in [3.8, 4) is 5.69 Å². The fourth-order valence-electron chi connectivity index (χ4n) is 1.90. The Morgan fingerprint density at radius 2 is 1.55 bits per heavy atom. The number of nitrogens with zero attached hydrogens (tertiary/aromatic N) is 5. The zero-order valence-corrected chi connectivity index (χ0v) is 17.2. The molecule has 158 valence electrons. The molecule has 0 unspecified atom stereocenters. The molecule has 0 amide bonds. The van der Waals surface area contributed by atoms with Gasteiger partial charge in [-0.3, -0.25) is 14.2 Å². The summed E-state index contributed by atoms with van der Waals surface area (Å²) in [5.41, 5.74) is 0.719. The molecule has 31 heavy (non-hydrogen) atoms. The molecule has 4 rings (SSSR count). The molecule has 0 saturated carbocycles. The standard InChI is InChI=1S/C9H6ClN3O.C5H5BClNO2.C4H4N2O/c10-8-2-1-7(5-12-8)13-6-11-4-3-9(13)14;7-5-2-1-4(3-8-5)6(9)10;7-4-1-2-5-3-6-4/h1-6H;1-3,9-10H;1-3H,(H,5,6,7). The van der Waals surface area contributed by atoms with Gasteiger partial charge in [0, 0.05) is 36.2 Å².